The second-order valence-electron chi connectivity index (χ2n) is 6.97. The van der Waals surface area contributed by atoms with E-state index in [1.807, 2.05) is 0 Å². The predicted octanol–water partition coefficient (Wildman–Crippen LogP) is 2.79. The van der Waals surface area contributed by atoms with Crippen molar-refractivity contribution >= 4 is 16.6 Å². The van der Waals surface area contributed by atoms with Crippen molar-refractivity contribution in [2.45, 2.75) is 18.3 Å². The second kappa shape index (κ2) is 7.16. The van der Waals surface area contributed by atoms with Gasteiger partial charge in [-0.05, 0) is 23.8 Å². The molecule has 1 aromatic carbocycles. The highest BCUT2D eigenvalue weighted by atomic mass is 19.4. The molecule has 2 aromatic heterocycles. The Morgan fingerprint density at radius 1 is 1.21 bits per heavy atom. The molecule has 2 N–H and O–H groups in total. The van der Waals surface area contributed by atoms with Gasteiger partial charge in [0.2, 0.25) is 0 Å². The van der Waals surface area contributed by atoms with Crippen LogP contribution in [0.5, 0.6) is 0 Å². The Morgan fingerprint density at radius 3 is 2.55 bits per heavy atom. The lowest BCUT2D eigenvalue weighted by Crippen LogP contribution is -2.33. The molecule has 0 aliphatic carbocycles. The molecule has 0 spiro atoms. The Bertz CT molecular complexity index is 1110. The molecule has 2 atom stereocenters. The first-order chi connectivity index (χ1) is 13.8. The number of nitrogens with zero attached hydrogens (tertiary/aromatic N) is 2. The van der Waals surface area contributed by atoms with E-state index in [-0.39, 0.29) is 18.8 Å². The number of rotatable bonds is 3. The highest BCUT2D eigenvalue weighted by molar-refractivity contribution is 6.01. The van der Waals surface area contributed by atoms with Crippen molar-refractivity contribution in [2.24, 2.45) is 7.05 Å². The zero-order valence-electron chi connectivity index (χ0n) is 15.4. The van der Waals surface area contributed by atoms with Crippen LogP contribution in [0.3, 0.4) is 0 Å². The van der Waals surface area contributed by atoms with Crippen LogP contribution in [-0.2, 0) is 18.0 Å². The average Bonchev–Trinajstić information content (AvgIpc) is 3.09. The molecule has 1 fully saturated rings. The number of aliphatic hydroxyl groups is 1. The Hall–Kier alpha value is -2.91. The maximum Gasteiger partial charge on any atom is 0.416 e. The number of aryl methyl sites for hydroxylation is 1. The summed E-state index contributed by atoms with van der Waals surface area (Å²) in [6.45, 7) is 0.468. The highest BCUT2D eigenvalue weighted by Gasteiger charge is 2.30. The summed E-state index contributed by atoms with van der Waals surface area (Å²) in [5.74, 6) is 0.298. The van der Waals surface area contributed by atoms with Crippen LogP contribution >= 0.6 is 0 Å². The zero-order valence-corrected chi connectivity index (χ0v) is 15.4. The third-order valence-corrected chi connectivity index (χ3v) is 5.01. The van der Waals surface area contributed by atoms with Gasteiger partial charge in [0.1, 0.15) is 5.82 Å². The number of nitrogens with one attached hydrogen (secondary N) is 1. The fourth-order valence-electron chi connectivity index (χ4n) is 3.38. The first-order valence-corrected chi connectivity index (χ1v) is 8.94. The van der Waals surface area contributed by atoms with Crippen LogP contribution in [0.4, 0.5) is 19.0 Å². The number of hydrogen-bond acceptors (Lipinski definition) is 5. The van der Waals surface area contributed by atoms with E-state index >= 15 is 0 Å². The number of halogens is 3. The fourth-order valence-corrected chi connectivity index (χ4v) is 3.38. The van der Waals surface area contributed by atoms with Crippen LogP contribution in [-0.4, -0.2) is 40.0 Å². The number of anilines is 1. The molecule has 0 unspecified atom stereocenters. The molecule has 9 heteroatoms. The van der Waals surface area contributed by atoms with Gasteiger partial charge in [-0.1, -0.05) is 12.1 Å². The van der Waals surface area contributed by atoms with Crippen molar-refractivity contribution in [1.82, 2.24) is 9.55 Å². The molecule has 29 heavy (non-hydrogen) atoms. The maximum absolute atomic E-state index is 12.9. The number of pyridine rings is 2. The first kappa shape index (κ1) is 19.4. The molecular formula is C20H18F3N3O3. The van der Waals surface area contributed by atoms with Crippen molar-refractivity contribution in [2.75, 3.05) is 18.5 Å². The molecule has 0 saturated carbocycles. The van der Waals surface area contributed by atoms with Gasteiger partial charge >= 0.3 is 6.18 Å². The van der Waals surface area contributed by atoms with Crippen LogP contribution in [0.15, 0.2) is 47.5 Å². The van der Waals surface area contributed by atoms with Gasteiger partial charge in [0.15, 0.2) is 0 Å². The normalized spacial score (nSPS) is 19.6. The van der Waals surface area contributed by atoms with E-state index in [1.54, 1.807) is 19.3 Å². The molecule has 3 aromatic rings. The number of fused-ring (bicyclic) bond motifs is 1. The van der Waals surface area contributed by atoms with E-state index in [2.05, 4.69) is 10.3 Å². The van der Waals surface area contributed by atoms with Gasteiger partial charge < -0.3 is 19.7 Å². The molecule has 6 nitrogen and oxygen atoms in total. The number of benzene rings is 1. The number of aromatic nitrogens is 2. The lowest BCUT2D eigenvalue weighted by atomic mass is 10.00. The third kappa shape index (κ3) is 3.58. The topological polar surface area (TPSA) is 76.4 Å². The SMILES string of the molecule is Cn1ccc2c(-c3ccc(C(F)(F)F)cc3)cnc(N[C@H]3COC[C@@H]3O)c2c1=O. The van der Waals surface area contributed by atoms with Gasteiger partial charge in [-0.25, -0.2) is 4.98 Å². The van der Waals surface area contributed by atoms with E-state index in [0.717, 1.165) is 12.1 Å². The molecule has 1 aliphatic rings. The van der Waals surface area contributed by atoms with Crippen molar-refractivity contribution in [3.8, 4) is 11.1 Å². The van der Waals surface area contributed by atoms with Crippen LogP contribution in [0.1, 0.15) is 5.56 Å². The largest absolute Gasteiger partial charge is 0.416 e. The smallest absolute Gasteiger partial charge is 0.388 e. The summed E-state index contributed by atoms with van der Waals surface area (Å²) < 4.78 is 45.2. The minimum absolute atomic E-state index is 0.192. The maximum atomic E-state index is 12.9. The Balaban J connectivity index is 1.84. The number of hydrogen-bond donors (Lipinski definition) is 2. The standard InChI is InChI=1S/C20H18F3N3O3/c1-26-7-6-13-14(11-2-4-12(5-3-11)20(21,22)23)8-24-18(17(13)19(26)28)25-15-9-29-10-16(15)27/h2-8,15-16,27H,9-10H2,1H3,(H,24,25)/t15-,16-/m0/s1. The van der Waals surface area contributed by atoms with Gasteiger partial charge in [0, 0.05) is 30.4 Å². The van der Waals surface area contributed by atoms with Crippen molar-refractivity contribution < 1.29 is 23.0 Å². The lowest BCUT2D eigenvalue weighted by molar-refractivity contribution is -0.137. The van der Waals surface area contributed by atoms with E-state index in [9.17, 15) is 23.1 Å². The van der Waals surface area contributed by atoms with Gasteiger partial charge in [-0.3, -0.25) is 4.79 Å². The van der Waals surface area contributed by atoms with Crippen molar-refractivity contribution in [3.05, 3.63) is 58.6 Å². The van der Waals surface area contributed by atoms with Crippen LogP contribution in [0.25, 0.3) is 21.9 Å². The van der Waals surface area contributed by atoms with Crippen LogP contribution < -0.4 is 10.9 Å². The molecule has 1 saturated heterocycles. The molecule has 0 bridgehead atoms. The number of aliphatic hydroxyl groups excluding tert-OH is 1. The summed E-state index contributed by atoms with van der Waals surface area (Å²) in [5, 5.41) is 13.9. The second-order valence-corrected chi connectivity index (χ2v) is 6.97. The summed E-state index contributed by atoms with van der Waals surface area (Å²) in [6.07, 6.45) is -2.05. The van der Waals surface area contributed by atoms with E-state index in [1.165, 1.54) is 22.9 Å². The van der Waals surface area contributed by atoms with Gasteiger partial charge in [-0.15, -0.1) is 0 Å². The minimum atomic E-state index is -4.42. The summed E-state index contributed by atoms with van der Waals surface area (Å²) in [5.41, 5.74) is 0.00216. The van der Waals surface area contributed by atoms with Gasteiger partial charge in [0.25, 0.3) is 5.56 Å². The van der Waals surface area contributed by atoms with E-state index in [4.69, 9.17) is 4.74 Å². The third-order valence-electron chi connectivity index (χ3n) is 5.01. The molecule has 0 radical (unpaired) electrons. The highest BCUT2D eigenvalue weighted by Crippen LogP contribution is 2.34. The van der Waals surface area contributed by atoms with E-state index in [0.29, 0.717) is 27.7 Å². The quantitative estimate of drug-likeness (QED) is 0.701. The van der Waals surface area contributed by atoms with E-state index < -0.39 is 23.9 Å². The summed E-state index contributed by atoms with van der Waals surface area (Å²) in [4.78, 5) is 17.2. The van der Waals surface area contributed by atoms with Gasteiger partial charge in [0.05, 0.1) is 36.3 Å². The average molecular weight is 405 g/mol. The number of ether oxygens (including phenoxy) is 1. The molecular weight excluding hydrogens is 387 g/mol. The first-order valence-electron chi connectivity index (χ1n) is 8.94. The molecule has 4 rings (SSSR count). The predicted molar refractivity (Wildman–Crippen MR) is 102 cm³/mol. The Morgan fingerprint density at radius 2 is 1.93 bits per heavy atom. The van der Waals surface area contributed by atoms with Crippen molar-refractivity contribution in [1.29, 1.82) is 0 Å². The van der Waals surface area contributed by atoms with Crippen LogP contribution in [0.2, 0.25) is 0 Å². The summed E-state index contributed by atoms with van der Waals surface area (Å²) in [6, 6.07) is 6.03. The lowest BCUT2D eigenvalue weighted by Gasteiger charge is -2.18. The molecule has 152 valence electrons. The van der Waals surface area contributed by atoms with Crippen molar-refractivity contribution in [3.63, 3.8) is 0 Å². The van der Waals surface area contributed by atoms with Gasteiger partial charge in [-0.2, -0.15) is 13.2 Å². The summed E-state index contributed by atoms with van der Waals surface area (Å²) in [7, 11) is 1.60. The molecule has 1 aliphatic heterocycles. The zero-order chi connectivity index (χ0) is 20.8. The summed E-state index contributed by atoms with van der Waals surface area (Å²) >= 11 is 0. The Labute approximate surface area is 163 Å². The number of alkyl halides is 3. The monoisotopic (exact) mass is 405 g/mol. The minimum Gasteiger partial charge on any atom is -0.388 e. The molecule has 0 amide bonds. The molecule has 3 heterocycles. The van der Waals surface area contributed by atoms with Crippen LogP contribution in [0, 0.1) is 0 Å². The fraction of sp³-hybridized carbons (Fsp3) is 0.300. The Kier molecular flexibility index (Phi) is 4.79.